The van der Waals surface area contributed by atoms with Crippen molar-refractivity contribution < 1.29 is 9.21 Å². The lowest BCUT2D eigenvalue weighted by Gasteiger charge is -2.17. The summed E-state index contributed by atoms with van der Waals surface area (Å²) >= 11 is 1.40. The normalized spacial score (nSPS) is 25.2. The van der Waals surface area contributed by atoms with E-state index in [1.54, 1.807) is 18.4 Å². The molecule has 0 unspecified atom stereocenters. The molecular weight excluding hydrogens is 260 g/mol. The van der Waals surface area contributed by atoms with Gasteiger partial charge in [0.1, 0.15) is 5.76 Å². The first-order valence-corrected chi connectivity index (χ1v) is 7.45. The fourth-order valence-corrected chi connectivity index (χ4v) is 3.24. The highest BCUT2D eigenvalue weighted by molar-refractivity contribution is 8.18. The molecule has 0 radical (unpaired) electrons. The van der Waals surface area contributed by atoms with Crippen molar-refractivity contribution in [3.05, 3.63) is 29.1 Å². The molecule has 2 heterocycles. The van der Waals surface area contributed by atoms with Gasteiger partial charge in [-0.25, -0.2) is 0 Å². The van der Waals surface area contributed by atoms with Crippen LogP contribution < -0.4 is 5.32 Å². The predicted octanol–water partition coefficient (Wildman–Crippen LogP) is 3.17. The maximum atomic E-state index is 11.8. The molecule has 2 aliphatic rings. The summed E-state index contributed by atoms with van der Waals surface area (Å²) in [5.74, 6) is 0.604. The van der Waals surface area contributed by atoms with Gasteiger partial charge in [0.15, 0.2) is 5.17 Å². The molecule has 1 saturated heterocycles. The van der Waals surface area contributed by atoms with Crippen LogP contribution in [-0.2, 0) is 4.79 Å². The van der Waals surface area contributed by atoms with Crippen molar-refractivity contribution in [3.63, 3.8) is 0 Å². The Kier molecular flexibility index (Phi) is 3.73. The number of carbonyl (C=O) groups excluding carboxylic acids is 1. The fraction of sp³-hybridized carbons (Fsp3) is 0.429. The minimum atomic E-state index is -0.0871. The van der Waals surface area contributed by atoms with Crippen molar-refractivity contribution in [2.45, 2.75) is 38.1 Å². The number of aliphatic imine (C=N–C) groups is 1. The molecule has 2 fully saturated rings. The number of rotatable bonds is 2. The van der Waals surface area contributed by atoms with Crippen LogP contribution in [0, 0.1) is 0 Å². The van der Waals surface area contributed by atoms with E-state index in [9.17, 15) is 4.79 Å². The number of nitrogens with zero attached hydrogens (tertiary/aromatic N) is 1. The van der Waals surface area contributed by atoms with Gasteiger partial charge in [-0.1, -0.05) is 19.3 Å². The summed E-state index contributed by atoms with van der Waals surface area (Å²) in [6.45, 7) is 0. The highest BCUT2D eigenvalue weighted by Gasteiger charge is 2.25. The molecule has 0 spiro atoms. The highest BCUT2D eigenvalue weighted by atomic mass is 32.2. The second-order valence-electron chi connectivity index (χ2n) is 4.81. The first-order valence-electron chi connectivity index (χ1n) is 6.63. The van der Waals surface area contributed by atoms with Crippen LogP contribution in [0.5, 0.6) is 0 Å². The van der Waals surface area contributed by atoms with Crippen LogP contribution in [0.3, 0.4) is 0 Å². The Hall–Kier alpha value is -1.49. The summed E-state index contributed by atoms with van der Waals surface area (Å²) in [4.78, 5) is 17.1. The second-order valence-corrected chi connectivity index (χ2v) is 5.84. The van der Waals surface area contributed by atoms with Crippen molar-refractivity contribution in [1.82, 2.24) is 5.32 Å². The van der Waals surface area contributed by atoms with Crippen molar-refractivity contribution in [2.24, 2.45) is 4.99 Å². The minimum absolute atomic E-state index is 0.0871. The zero-order valence-electron chi connectivity index (χ0n) is 10.6. The number of amides is 1. The zero-order valence-corrected chi connectivity index (χ0v) is 11.4. The van der Waals surface area contributed by atoms with Crippen LogP contribution in [0.25, 0.3) is 6.08 Å². The quantitative estimate of drug-likeness (QED) is 0.844. The number of hydrogen-bond acceptors (Lipinski definition) is 4. The van der Waals surface area contributed by atoms with Crippen LogP contribution in [0.15, 0.2) is 32.7 Å². The molecule has 5 heteroatoms. The Bertz CT molecular complexity index is 514. The lowest BCUT2D eigenvalue weighted by Crippen LogP contribution is -2.22. The Morgan fingerprint density at radius 3 is 2.95 bits per heavy atom. The number of carbonyl (C=O) groups is 1. The fourth-order valence-electron chi connectivity index (χ4n) is 2.37. The molecule has 100 valence electrons. The number of thioether (sulfide) groups is 1. The third kappa shape index (κ3) is 3.10. The molecule has 1 aromatic rings. The first kappa shape index (κ1) is 12.5. The van der Waals surface area contributed by atoms with E-state index >= 15 is 0 Å². The topological polar surface area (TPSA) is 54.6 Å². The van der Waals surface area contributed by atoms with E-state index in [1.807, 2.05) is 6.07 Å². The molecule has 3 rings (SSSR count). The highest BCUT2D eigenvalue weighted by Crippen LogP contribution is 2.28. The van der Waals surface area contributed by atoms with Gasteiger partial charge >= 0.3 is 0 Å². The van der Waals surface area contributed by atoms with E-state index in [0.29, 0.717) is 16.7 Å². The molecule has 1 aliphatic heterocycles. The van der Waals surface area contributed by atoms with Crippen LogP contribution >= 0.6 is 11.8 Å². The molecule has 1 saturated carbocycles. The standard InChI is InChI=1S/C14H16N2O2S/c17-13-12(9-11-7-4-8-18-11)19-14(16-13)15-10-5-2-1-3-6-10/h4,7-10H,1-3,5-6H2,(H,15,16,17). The number of hydrogen-bond donors (Lipinski definition) is 1. The monoisotopic (exact) mass is 276 g/mol. The number of nitrogens with one attached hydrogen (secondary N) is 1. The van der Waals surface area contributed by atoms with Gasteiger partial charge in [-0.15, -0.1) is 0 Å². The Morgan fingerprint density at radius 1 is 1.37 bits per heavy atom. The summed E-state index contributed by atoms with van der Waals surface area (Å²) in [5, 5.41) is 3.56. The SMILES string of the molecule is O=C1NC(=NC2CCCCC2)SC1=Cc1ccco1. The first-order chi connectivity index (χ1) is 9.31. The van der Waals surface area contributed by atoms with Gasteiger partial charge in [-0.05, 0) is 36.7 Å². The molecule has 1 N–H and O–H groups in total. The summed E-state index contributed by atoms with van der Waals surface area (Å²) in [5.41, 5.74) is 0. The van der Waals surface area contributed by atoms with E-state index < -0.39 is 0 Å². The van der Waals surface area contributed by atoms with Crippen molar-refractivity contribution in [3.8, 4) is 0 Å². The molecule has 1 aromatic heterocycles. The summed E-state index contributed by atoms with van der Waals surface area (Å²) in [6.07, 6.45) is 9.42. The average Bonchev–Trinajstić information content (AvgIpc) is 3.02. The zero-order chi connectivity index (χ0) is 13.1. The number of amidine groups is 1. The average molecular weight is 276 g/mol. The second kappa shape index (κ2) is 5.65. The van der Waals surface area contributed by atoms with Gasteiger partial charge in [0.2, 0.25) is 0 Å². The molecule has 0 aromatic carbocycles. The van der Waals surface area contributed by atoms with Gasteiger partial charge in [-0.2, -0.15) is 0 Å². The van der Waals surface area contributed by atoms with E-state index in [4.69, 9.17) is 4.42 Å². The van der Waals surface area contributed by atoms with Gasteiger partial charge in [0.05, 0.1) is 17.2 Å². The van der Waals surface area contributed by atoms with Crippen LogP contribution in [-0.4, -0.2) is 17.1 Å². The Labute approximate surface area is 116 Å². The summed E-state index contributed by atoms with van der Waals surface area (Å²) < 4.78 is 5.22. The van der Waals surface area contributed by atoms with Crippen molar-refractivity contribution in [1.29, 1.82) is 0 Å². The van der Waals surface area contributed by atoms with E-state index in [-0.39, 0.29) is 5.91 Å². The lowest BCUT2D eigenvalue weighted by molar-refractivity contribution is -0.115. The molecule has 1 amide bonds. The predicted molar refractivity (Wildman–Crippen MR) is 76.7 cm³/mol. The van der Waals surface area contributed by atoms with Gasteiger partial charge < -0.3 is 9.73 Å². The molecule has 19 heavy (non-hydrogen) atoms. The largest absolute Gasteiger partial charge is 0.465 e. The molecule has 1 aliphatic carbocycles. The van der Waals surface area contributed by atoms with Gasteiger partial charge in [0, 0.05) is 6.08 Å². The van der Waals surface area contributed by atoms with Crippen molar-refractivity contribution in [2.75, 3.05) is 0 Å². The minimum Gasteiger partial charge on any atom is -0.465 e. The number of furan rings is 1. The van der Waals surface area contributed by atoms with Crippen LogP contribution in [0.1, 0.15) is 37.9 Å². The van der Waals surface area contributed by atoms with Crippen LogP contribution in [0.4, 0.5) is 0 Å². The van der Waals surface area contributed by atoms with E-state index in [0.717, 1.165) is 18.0 Å². The maximum absolute atomic E-state index is 11.8. The summed E-state index contributed by atoms with van der Waals surface area (Å²) in [7, 11) is 0. The molecule has 0 bridgehead atoms. The molecule has 0 atom stereocenters. The maximum Gasteiger partial charge on any atom is 0.264 e. The van der Waals surface area contributed by atoms with E-state index in [1.165, 1.54) is 31.0 Å². The summed E-state index contributed by atoms with van der Waals surface area (Å²) in [6, 6.07) is 4.01. The lowest BCUT2D eigenvalue weighted by atomic mass is 9.96. The third-order valence-electron chi connectivity index (χ3n) is 3.34. The van der Waals surface area contributed by atoms with Crippen molar-refractivity contribution >= 4 is 28.9 Å². The Balaban J connectivity index is 1.70. The Morgan fingerprint density at radius 2 is 2.21 bits per heavy atom. The smallest absolute Gasteiger partial charge is 0.264 e. The third-order valence-corrected chi connectivity index (χ3v) is 4.27. The molecular formula is C14H16N2O2S. The molecule has 4 nitrogen and oxygen atoms in total. The van der Waals surface area contributed by atoms with Crippen LogP contribution in [0.2, 0.25) is 0 Å². The van der Waals surface area contributed by atoms with E-state index in [2.05, 4.69) is 10.3 Å². The van der Waals surface area contributed by atoms with Gasteiger partial charge in [-0.3, -0.25) is 9.79 Å². The van der Waals surface area contributed by atoms with Gasteiger partial charge in [0.25, 0.3) is 5.91 Å².